The molecule has 0 spiro atoms. The van der Waals surface area contributed by atoms with Gasteiger partial charge in [-0.2, -0.15) is 0 Å². The zero-order valence-electron chi connectivity index (χ0n) is 10.5. The molecule has 0 radical (unpaired) electrons. The summed E-state index contributed by atoms with van der Waals surface area (Å²) in [6.07, 6.45) is 2.41. The van der Waals surface area contributed by atoms with E-state index in [1.807, 2.05) is 0 Å². The van der Waals surface area contributed by atoms with E-state index in [9.17, 15) is 0 Å². The van der Waals surface area contributed by atoms with Crippen LogP contribution in [-0.2, 0) is 4.74 Å². The van der Waals surface area contributed by atoms with Gasteiger partial charge in [-0.1, -0.05) is 13.8 Å². The van der Waals surface area contributed by atoms with E-state index >= 15 is 0 Å². The highest BCUT2D eigenvalue weighted by atomic mass is 16.5. The lowest BCUT2D eigenvalue weighted by atomic mass is 10.1. The van der Waals surface area contributed by atoms with Gasteiger partial charge in [0.1, 0.15) is 0 Å². The fourth-order valence-corrected chi connectivity index (χ4v) is 2.21. The Balaban J connectivity index is 2.31. The van der Waals surface area contributed by atoms with Crippen LogP contribution >= 0.6 is 0 Å². The van der Waals surface area contributed by atoms with Crippen LogP contribution in [0.2, 0.25) is 0 Å². The Hall–Kier alpha value is -0.120. The molecule has 0 bridgehead atoms. The molecule has 0 aromatic carbocycles. The predicted octanol–water partition coefficient (Wildman–Crippen LogP) is 1.49. The van der Waals surface area contributed by atoms with Gasteiger partial charge in [-0.3, -0.25) is 4.90 Å². The molecule has 2 unspecified atom stereocenters. The topological polar surface area (TPSA) is 24.5 Å². The summed E-state index contributed by atoms with van der Waals surface area (Å²) in [7, 11) is 0. The minimum absolute atomic E-state index is 0.622. The number of rotatable bonds is 6. The average Bonchev–Trinajstić information content (AvgIpc) is 2.29. The van der Waals surface area contributed by atoms with Crippen LogP contribution in [0.15, 0.2) is 0 Å². The van der Waals surface area contributed by atoms with Crippen molar-refractivity contribution in [2.75, 3.05) is 32.8 Å². The van der Waals surface area contributed by atoms with E-state index in [-0.39, 0.29) is 0 Å². The van der Waals surface area contributed by atoms with Gasteiger partial charge in [0.05, 0.1) is 13.2 Å². The molecule has 1 rings (SSSR count). The van der Waals surface area contributed by atoms with E-state index in [0.717, 1.165) is 32.8 Å². The molecule has 90 valence electrons. The largest absolute Gasteiger partial charge is 0.378 e. The van der Waals surface area contributed by atoms with Crippen molar-refractivity contribution in [1.29, 1.82) is 0 Å². The van der Waals surface area contributed by atoms with Crippen molar-refractivity contribution in [3.8, 4) is 0 Å². The third kappa shape index (κ3) is 4.09. The van der Waals surface area contributed by atoms with Crippen LogP contribution in [0.3, 0.4) is 0 Å². The Bertz CT molecular complexity index is 164. The van der Waals surface area contributed by atoms with Crippen molar-refractivity contribution in [3.63, 3.8) is 0 Å². The molecule has 1 heterocycles. The summed E-state index contributed by atoms with van der Waals surface area (Å²) < 4.78 is 5.52. The van der Waals surface area contributed by atoms with Gasteiger partial charge in [0.25, 0.3) is 0 Å². The molecule has 0 aromatic rings. The second kappa shape index (κ2) is 7.20. The van der Waals surface area contributed by atoms with Crippen LogP contribution in [0.1, 0.15) is 33.6 Å². The number of hydrogen-bond donors (Lipinski definition) is 1. The van der Waals surface area contributed by atoms with Gasteiger partial charge >= 0.3 is 0 Å². The third-order valence-corrected chi connectivity index (χ3v) is 3.18. The molecule has 1 fully saturated rings. The van der Waals surface area contributed by atoms with Crippen molar-refractivity contribution in [3.05, 3.63) is 0 Å². The quantitative estimate of drug-likeness (QED) is 0.678. The minimum atomic E-state index is 0.622. The smallest absolute Gasteiger partial charge is 0.0622 e. The molecular weight excluding hydrogens is 188 g/mol. The monoisotopic (exact) mass is 214 g/mol. The first kappa shape index (κ1) is 12.9. The molecule has 0 aliphatic carbocycles. The van der Waals surface area contributed by atoms with Crippen LogP contribution in [0.5, 0.6) is 0 Å². The van der Waals surface area contributed by atoms with Gasteiger partial charge in [-0.25, -0.2) is 0 Å². The summed E-state index contributed by atoms with van der Waals surface area (Å²) >= 11 is 0. The normalized spacial score (nSPS) is 25.4. The Kier molecular flexibility index (Phi) is 6.22. The number of nitrogens with one attached hydrogen (secondary N) is 1. The molecule has 0 aromatic heterocycles. The summed E-state index contributed by atoms with van der Waals surface area (Å²) in [6, 6.07) is 1.25. The first-order valence-corrected chi connectivity index (χ1v) is 6.33. The number of morpholine rings is 1. The van der Waals surface area contributed by atoms with Crippen LogP contribution in [0, 0.1) is 0 Å². The zero-order chi connectivity index (χ0) is 11.1. The first-order chi connectivity index (χ1) is 7.29. The van der Waals surface area contributed by atoms with E-state index < -0.39 is 0 Å². The third-order valence-electron chi connectivity index (χ3n) is 3.18. The fourth-order valence-electron chi connectivity index (χ4n) is 2.21. The lowest BCUT2D eigenvalue weighted by Crippen LogP contribution is -2.52. The highest BCUT2D eigenvalue weighted by Gasteiger charge is 2.25. The maximum Gasteiger partial charge on any atom is 0.0622 e. The number of nitrogens with zero attached hydrogens (tertiary/aromatic N) is 1. The van der Waals surface area contributed by atoms with Crippen molar-refractivity contribution in [2.24, 2.45) is 0 Å². The molecule has 1 aliphatic rings. The van der Waals surface area contributed by atoms with Crippen molar-refractivity contribution < 1.29 is 4.74 Å². The van der Waals surface area contributed by atoms with Gasteiger partial charge in [0.15, 0.2) is 0 Å². The molecule has 0 saturated carbocycles. The molecule has 15 heavy (non-hydrogen) atoms. The van der Waals surface area contributed by atoms with E-state index in [0.29, 0.717) is 12.1 Å². The summed E-state index contributed by atoms with van der Waals surface area (Å²) in [6.45, 7) is 11.9. The first-order valence-electron chi connectivity index (χ1n) is 6.33. The Morgan fingerprint density at radius 1 is 1.47 bits per heavy atom. The van der Waals surface area contributed by atoms with Crippen LogP contribution in [0.25, 0.3) is 0 Å². The van der Waals surface area contributed by atoms with E-state index in [1.54, 1.807) is 0 Å². The summed E-state index contributed by atoms with van der Waals surface area (Å²) in [5.41, 5.74) is 0. The SMILES string of the molecule is CCCNCC(C)N1CCOCC1CC. The maximum absolute atomic E-state index is 5.52. The summed E-state index contributed by atoms with van der Waals surface area (Å²) in [5, 5.41) is 3.49. The lowest BCUT2D eigenvalue weighted by Gasteiger charge is -2.39. The average molecular weight is 214 g/mol. The van der Waals surface area contributed by atoms with Crippen LogP contribution in [-0.4, -0.2) is 49.8 Å². The van der Waals surface area contributed by atoms with Gasteiger partial charge < -0.3 is 10.1 Å². The van der Waals surface area contributed by atoms with E-state index in [4.69, 9.17) is 4.74 Å². The summed E-state index contributed by atoms with van der Waals surface area (Å²) in [5.74, 6) is 0. The van der Waals surface area contributed by atoms with Gasteiger partial charge in [0, 0.05) is 25.2 Å². The highest BCUT2D eigenvalue weighted by Crippen LogP contribution is 2.13. The second-order valence-electron chi connectivity index (χ2n) is 4.43. The molecule has 1 saturated heterocycles. The molecule has 1 N–H and O–H groups in total. The Morgan fingerprint density at radius 2 is 2.27 bits per heavy atom. The standard InChI is InChI=1S/C12H26N2O/c1-4-6-13-9-11(3)14-7-8-15-10-12(14)5-2/h11-13H,4-10H2,1-3H3. The minimum Gasteiger partial charge on any atom is -0.378 e. The van der Waals surface area contributed by atoms with Crippen molar-refractivity contribution in [1.82, 2.24) is 10.2 Å². The predicted molar refractivity (Wildman–Crippen MR) is 64.2 cm³/mol. The second-order valence-corrected chi connectivity index (χ2v) is 4.43. The van der Waals surface area contributed by atoms with E-state index in [2.05, 4.69) is 31.0 Å². The van der Waals surface area contributed by atoms with Crippen molar-refractivity contribution in [2.45, 2.75) is 45.7 Å². The van der Waals surface area contributed by atoms with Gasteiger partial charge in [-0.05, 0) is 26.3 Å². The molecule has 3 heteroatoms. The lowest BCUT2D eigenvalue weighted by molar-refractivity contribution is -0.0262. The number of ether oxygens (including phenoxy) is 1. The maximum atomic E-state index is 5.52. The Labute approximate surface area is 94.2 Å². The molecule has 0 amide bonds. The number of hydrogen-bond acceptors (Lipinski definition) is 3. The summed E-state index contributed by atoms with van der Waals surface area (Å²) in [4.78, 5) is 2.59. The van der Waals surface area contributed by atoms with Crippen LogP contribution in [0.4, 0.5) is 0 Å². The molecule has 3 nitrogen and oxygen atoms in total. The molecule has 2 atom stereocenters. The fraction of sp³-hybridized carbons (Fsp3) is 1.00. The van der Waals surface area contributed by atoms with Crippen LogP contribution < -0.4 is 5.32 Å². The van der Waals surface area contributed by atoms with E-state index in [1.165, 1.54) is 12.8 Å². The van der Waals surface area contributed by atoms with Gasteiger partial charge in [-0.15, -0.1) is 0 Å². The molecule has 1 aliphatic heterocycles. The Morgan fingerprint density at radius 3 is 2.93 bits per heavy atom. The molecular formula is C12H26N2O. The van der Waals surface area contributed by atoms with Gasteiger partial charge in [0.2, 0.25) is 0 Å². The van der Waals surface area contributed by atoms with Crippen molar-refractivity contribution >= 4 is 0 Å². The highest BCUT2D eigenvalue weighted by molar-refractivity contribution is 4.79. The zero-order valence-corrected chi connectivity index (χ0v) is 10.5.